The number of aromatic nitrogens is 4. The first-order valence-electron chi connectivity index (χ1n) is 14.6. The van der Waals surface area contributed by atoms with E-state index < -0.39 is 8.07 Å². The van der Waals surface area contributed by atoms with Crippen molar-refractivity contribution >= 4 is 18.7 Å². The van der Waals surface area contributed by atoms with Crippen molar-refractivity contribution in [2.24, 2.45) is 0 Å². The summed E-state index contributed by atoms with van der Waals surface area (Å²) in [6.07, 6.45) is 0. The van der Waals surface area contributed by atoms with Gasteiger partial charge in [0.25, 0.3) is 0 Å². The molecule has 0 saturated carbocycles. The number of rotatable bonds is 6. The first kappa shape index (κ1) is 31.4. The van der Waals surface area contributed by atoms with Crippen LogP contribution in [0.1, 0.15) is 22.8 Å². The van der Waals surface area contributed by atoms with Gasteiger partial charge in [-0.15, -0.1) is 71.8 Å². The van der Waals surface area contributed by atoms with Gasteiger partial charge >= 0.3 is 21.1 Å². The number of benzene rings is 2. The standard InChI is InChI=1S/C38H34N4Si.Pt/c1-25-21-31(22-26(2)39-25)33-17-19-35(41-37(33)29-13-9-7-10-14-29)43(5,6)36-20-18-34(32-23-27(3)40-28(4)24-32)38(42-36)30-15-11-8-12-16-30;/h7-13,15,17-24H,1-6H3;/q-2;+2. The Morgan fingerprint density at radius 3 is 1.23 bits per heavy atom. The molecule has 4 nitrogen and oxygen atoms in total. The zero-order chi connectivity index (χ0) is 30.1. The number of aryl methyl sites for hydroxylation is 4. The summed E-state index contributed by atoms with van der Waals surface area (Å²) in [6, 6.07) is 40.3. The number of pyridine rings is 4. The fourth-order valence-electron chi connectivity index (χ4n) is 5.68. The molecular formula is C38H34N4PtSi. The zero-order valence-corrected chi connectivity index (χ0v) is 29.1. The monoisotopic (exact) mass is 769 g/mol. The van der Waals surface area contributed by atoms with Crippen LogP contribution in [0.15, 0.2) is 97.1 Å². The minimum absolute atomic E-state index is 0. The Labute approximate surface area is 276 Å². The maximum absolute atomic E-state index is 5.39. The van der Waals surface area contributed by atoms with Gasteiger partial charge in [0, 0.05) is 33.4 Å². The van der Waals surface area contributed by atoms with E-state index in [0.717, 1.165) is 78.2 Å². The Hall–Kier alpha value is -4.05. The van der Waals surface area contributed by atoms with E-state index in [9.17, 15) is 0 Å². The Bertz CT molecular complexity index is 1760. The summed E-state index contributed by atoms with van der Waals surface area (Å²) in [7, 11) is -2.35. The molecule has 0 N–H and O–H groups in total. The van der Waals surface area contributed by atoms with E-state index in [1.165, 1.54) is 0 Å². The second kappa shape index (κ2) is 12.9. The third-order valence-electron chi connectivity index (χ3n) is 7.78. The van der Waals surface area contributed by atoms with Crippen LogP contribution in [0.5, 0.6) is 0 Å². The molecule has 0 saturated heterocycles. The van der Waals surface area contributed by atoms with Crippen LogP contribution in [-0.2, 0) is 21.1 Å². The summed E-state index contributed by atoms with van der Waals surface area (Å²) < 4.78 is 0. The Morgan fingerprint density at radius 2 is 0.886 bits per heavy atom. The van der Waals surface area contributed by atoms with Crippen molar-refractivity contribution in [2.45, 2.75) is 40.8 Å². The second-order valence-corrected chi connectivity index (χ2v) is 15.9. The van der Waals surface area contributed by atoms with Crippen LogP contribution in [0.25, 0.3) is 44.8 Å². The normalized spacial score (nSPS) is 11.2. The van der Waals surface area contributed by atoms with Crippen LogP contribution in [-0.4, -0.2) is 28.0 Å². The van der Waals surface area contributed by atoms with Gasteiger partial charge in [-0.3, -0.25) is 9.97 Å². The Morgan fingerprint density at radius 1 is 0.500 bits per heavy atom. The van der Waals surface area contributed by atoms with Crippen molar-refractivity contribution in [1.82, 2.24) is 19.9 Å². The van der Waals surface area contributed by atoms with Crippen molar-refractivity contribution in [3.8, 4) is 44.8 Å². The van der Waals surface area contributed by atoms with E-state index in [0.29, 0.717) is 0 Å². The molecule has 6 heteroatoms. The third kappa shape index (κ3) is 6.40. The topological polar surface area (TPSA) is 51.6 Å². The minimum atomic E-state index is -2.35. The molecule has 0 fully saturated rings. The molecular weight excluding hydrogens is 736 g/mol. The van der Waals surface area contributed by atoms with Crippen LogP contribution in [0.3, 0.4) is 0 Å². The molecule has 0 bridgehead atoms. The van der Waals surface area contributed by atoms with Gasteiger partial charge in [-0.05, 0) is 97.7 Å². The maximum Gasteiger partial charge on any atom is 2.00 e. The molecule has 0 unspecified atom stereocenters. The van der Waals surface area contributed by atoms with E-state index in [-0.39, 0.29) is 21.1 Å². The summed E-state index contributed by atoms with van der Waals surface area (Å²) in [5.74, 6) is 0. The van der Waals surface area contributed by atoms with Gasteiger partial charge in [-0.2, -0.15) is 0 Å². The first-order valence-corrected chi connectivity index (χ1v) is 17.6. The molecule has 0 aliphatic carbocycles. The molecule has 0 radical (unpaired) electrons. The number of nitrogens with zero attached hydrogens (tertiary/aromatic N) is 4. The van der Waals surface area contributed by atoms with Gasteiger partial charge in [-0.25, -0.2) is 0 Å². The number of hydrogen-bond donors (Lipinski definition) is 0. The molecule has 6 aromatic rings. The van der Waals surface area contributed by atoms with Crippen LogP contribution in [0, 0.1) is 39.8 Å². The van der Waals surface area contributed by atoms with Crippen molar-refractivity contribution in [3.63, 3.8) is 0 Å². The summed E-state index contributed by atoms with van der Waals surface area (Å²) in [5, 5.41) is 2.15. The van der Waals surface area contributed by atoms with Gasteiger partial charge in [0.2, 0.25) is 0 Å². The molecule has 0 aliphatic heterocycles. The average molecular weight is 770 g/mol. The minimum Gasteiger partial charge on any atom is -0.305 e. The molecule has 0 spiro atoms. The molecule has 0 amide bonds. The van der Waals surface area contributed by atoms with Crippen molar-refractivity contribution in [1.29, 1.82) is 0 Å². The van der Waals surface area contributed by atoms with E-state index in [1.54, 1.807) is 0 Å². The predicted octanol–water partition coefficient (Wildman–Crippen LogP) is 7.59. The predicted molar refractivity (Wildman–Crippen MR) is 179 cm³/mol. The third-order valence-corrected chi connectivity index (χ3v) is 10.9. The van der Waals surface area contributed by atoms with Crippen molar-refractivity contribution < 1.29 is 21.1 Å². The van der Waals surface area contributed by atoms with Crippen LogP contribution < -0.4 is 10.6 Å². The maximum atomic E-state index is 5.39. The SMILES string of the molecule is Cc1cc(-c2ccc([Si](C)(C)c3ccc(-c4cc(C)nc(C)c4)c(-c4[c-]cccc4)n3)nc2-c2[c-]cccc2)cc(C)n1.[Pt+2]. The summed E-state index contributed by atoms with van der Waals surface area (Å²) in [6.45, 7) is 12.8. The molecule has 220 valence electrons. The quantitative estimate of drug-likeness (QED) is 0.130. The molecule has 6 rings (SSSR count). The molecule has 4 heterocycles. The van der Waals surface area contributed by atoms with E-state index in [2.05, 4.69) is 95.9 Å². The van der Waals surface area contributed by atoms with E-state index in [4.69, 9.17) is 9.97 Å². The van der Waals surface area contributed by atoms with Crippen LogP contribution in [0.4, 0.5) is 0 Å². The second-order valence-electron chi connectivity index (χ2n) is 11.6. The van der Waals surface area contributed by atoms with E-state index >= 15 is 0 Å². The molecule has 44 heavy (non-hydrogen) atoms. The van der Waals surface area contributed by atoms with Crippen LogP contribution in [0.2, 0.25) is 13.1 Å². The van der Waals surface area contributed by atoms with Gasteiger partial charge < -0.3 is 9.97 Å². The average Bonchev–Trinajstić information content (AvgIpc) is 3.00. The summed E-state index contributed by atoms with van der Waals surface area (Å²) in [4.78, 5) is 20.0. The molecule has 0 aliphatic rings. The smallest absolute Gasteiger partial charge is 0.305 e. The van der Waals surface area contributed by atoms with Crippen molar-refractivity contribution in [2.75, 3.05) is 0 Å². The fourth-order valence-corrected chi connectivity index (χ4v) is 7.73. The van der Waals surface area contributed by atoms with Gasteiger partial charge in [0.05, 0.1) is 0 Å². The van der Waals surface area contributed by atoms with Gasteiger partial charge in [0.15, 0.2) is 8.07 Å². The van der Waals surface area contributed by atoms with Crippen molar-refractivity contribution in [3.05, 3.63) is 132 Å². The van der Waals surface area contributed by atoms with Gasteiger partial charge in [-0.1, -0.05) is 25.2 Å². The van der Waals surface area contributed by atoms with Gasteiger partial charge in [0.1, 0.15) is 0 Å². The first-order chi connectivity index (χ1) is 20.7. The molecule has 2 aromatic carbocycles. The summed E-state index contributed by atoms with van der Waals surface area (Å²) in [5.41, 5.74) is 12.2. The Balaban J connectivity index is 0.00000384. The Kier molecular flexibility index (Phi) is 9.19. The fraction of sp³-hybridized carbons (Fsp3) is 0.158. The number of hydrogen-bond acceptors (Lipinski definition) is 4. The van der Waals surface area contributed by atoms with E-state index in [1.807, 2.05) is 64.1 Å². The molecule has 0 atom stereocenters. The molecule has 4 aromatic heterocycles. The zero-order valence-electron chi connectivity index (χ0n) is 25.8. The summed E-state index contributed by atoms with van der Waals surface area (Å²) >= 11 is 0. The van der Waals surface area contributed by atoms with Crippen LogP contribution >= 0.6 is 0 Å². The largest absolute Gasteiger partial charge is 2.00 e.